The lowest BCUT2D eigenvalue weighted by atomic mass is 9.92. The Kier molecular flexibility index (Phi) is 4.06. The molecule has 1 amide bonds. The maximum absolute atomic E-state index is 13.8. The molecule has 1 aromatic carbocycles. The Morgan fingerprint density at radius 3 is 2.70 bits per heavy atom. The molecule has 1 fully saturated rings. The van der Waals surface area contributed by atoms with Gasteiger partial charge in [-0.1, -0.05) is 11.6 Å². The van der Waals surface area contributed by atoms with Crippen molar-refractivity contribution in [2.75, 3.05) is 6.54 Å². The van der Waals surface area contributed by atoms with Crippen molar-refractivity contribution in [2.24, 2.45) is 5.92 Å². The Morgan fingerprint density at radius 1 is 1.35 bits per heavy atom. The van der Waals surface area contributed by atoms with Crippen LogP contribution in [0.15, 0.2) is 18.2 Å². The fourth-order valence-electron chi connectivity index (χ4n) is 2.55. The predicted molar refractivity (Wildman–Crippen MR) is 72.0 cm³/mol. The maximum Gasteiger partial charge on any atom is 0.308 e. The van der Waals surface area contributed by atoms with Crippen LogP contribution in [-0.4, -0.2) is 34.5 Å². The van der Waals surface area contributed by atoms with Crippen LogP contribution in [0.5, 0.6) is 0 Å². The molecule has 4 nitrogen and oxygen atoms in total. The number of carboxylic acid groups (broad SMARTS) is 1. The van der Waals surface area contributed by atoms with E-state index in [1.54, 1.807) is 13.0 Å². The number of nitrogens with zero attached hydrogens (tertiary/aromatic N) is 1. The van der Waals surface area contributed by atoms with Crippen LogP contribution in [-0.2, 0) is 4.79 Å². The zero-order chi connectivity index (χ0) is 14.9. The Bertz CT molecular complexity index is 544. The number of rotatable bonds is 2. The third-order valence-electron chi connectivity index (χ3n) is 3.84. The van der Waals surface area contributed by atoms with Gasteiger partial charge in [-0.25, -0.2) is 4.39 Å². The highest BCUT2D eigenvalue weighted by molar-refractivity contribution is 5.95. The van der Waals surface area contributed by atoms with Gasteiger partial charge in [0.05, 0.1) is 11.5 Å². The van der Waals surface area contributed by atoms with Crippen LogP contribution in [0.4, 0.5) is 4.39 Å². The number of carbonyl (C=O) groups excluding carboxylic acids is 1. The molecule has 1 saturated heterocycles. The number of likely N-dealkylation sites (tertiary alicyclic amines) is 1. The van der Waals surface area contributed by atoms with E-state index in [4.69, 9.17) is 5.11 Å². The number of carbonyl (C=O) groups is 2. The predicted octanol–water partition coefficient (Wildman–Crippen LogP) is 2.46. The first-order chi connectivity index (χ1) is 9.40. The van der Waals surface area contributed by atoms with Gasteiger partial charge >= 0.3 is 5.97 Å². The van der Waals surface area contributed by atoms with Crippen LogP contribution in [0.25, 0.3) is 0 Å². The molecule has 1 aliphatic rings. The first kappa shape index (κ1) is 14.5. The van der Waals surface area contributed by atoms with E-state index in [0.717, 1.165) is 5.56 Å². The zero-order valence-electron chi connectivity index (χ0n) is 11.6. The molecule has 2 atom stereocenters. The minimum Gasteiger partial charge on any atom is -0.481 e. The quantitative estimate of drug-likeness (QED) is 0.904. The van der Waals surface area contributed by atoms with E-state index in [2.05, 4.69) is 0 Å². The van der Waals surface area contributed by atoms with E-state index < -0.39 is 23.6 Å². The van der Waals surface area contributed by atoms with Gasteiger partial charge in [-0.05, 0) is 38.8 Å². The number of aliphatic carboxylic acids is 1. The molecule has 1 aromatic rings. The highest BCUT2D eigenvalue weighted by Crippen LogP contribution is 2.25. The van der Waals surface area contributed by atoms with E-state index in [1.165, 1.54) is 17.0 Å². The highest BCUT2D eigenvalue weighted by atomic mass is 19.1. The minimum atomic E-state index is -0.903. The van der Waals surface area contributed by atoms with Crippen LogP contribution < -0.4 is 0 Å². The third-order valence-corrected chi connectivity index (χ3v) is 3.84. The van der Waals surface area contributed by atoms with Crippen LogP contribution >= 0.6 is 0 Å². The molecule has 1 heterocycles. The molecule has 1 aliphatic heterocycles. The normalized spacial score (nSPS) is 22.6. The second kappa shape index (κ2) is 5.61. The topological polar surface area (TPSA) is 57.6 Å². The average molecular weight is 279 g/mol. The van der Waals surface area contributed by atoms with Crippen molar-refractivity contribution in [3.8, 4) is 0 Å². The number of halogens is 1. The molecule has 2 unspecified atom stereocenters. The summed E-state index contributed by atoms with van der Waals surface area (Å²) in [5.74, 6) is -2.46. The number of hydrogen-bond acceptors (Lipinski definition) is 2. The summed E-state index contributed by atoms with van der Waals surface area (Å²) in [5.41, 5.74) is 0.817. The molecule has 0 bridgehead atoms. The first-order valence-electron chi connectivity index (χ1n) is 6.70. The van der Waals surface area contributed by atoms with Gasteiger partial charge in [-0.15, -0.1) is 0 Å². The van der Waals surface area contributed by atoms with Gasteiger partial charge in [-0.3, -0.25) is 9.59 Å². The van der Waals surface area contributed by atoms with Crippen molar-refractivity contribution in [1.29, 1.82) is 0 Å². The summed E-state index contributed by atoms with van der Waals surface area (Å²) >= 11 is 0. The fraction of sp³-hybridized carbons (Fsp3) is 0.467. The SMILES string of the molecule is Cc1ccc(F)c(C(=O)N2CC(C(=O)O)CCC2C)c1. The summed E-state index contributed by atoms with van der Waals surface area (Å²) in [6.45, 7) is 3.79. The van der Waals surface area contributed by atoms with Gasteiger partial charge < -0.3 is 10.0 Å². The lowest BCUT2D eigenvalue weighted by molar-refractivity contribution is -0.143. The van der Waals surface area contributed by atoms with Crippen molar-refractivity contribution < 1.29 is 19.1 Å². The van der Waals surface area contributed by atoms with Gasteiger partial charge in [-0.2, -0.15) is 0 Å². The molecule has 0 aliphatic carbocycles. The van der Waals surface area contributed by atoms with E-state index in [0.29, 0.717) is 12.8 Å². The van der Waals surface area contributed by atoms with Crippen molar-refractivity contribution in [2.45, 2.75) is 32.7 Å². The smallest absolute Gasteiger partial charge is 0.308 e. The van der Waals surface area contributed by atoms with Crippen molar-refractivity contribution in [1.82, 2.24) is 4.90 Å². The van der Waals surface area contributed by atoms with Gasteiger partial charge in [0.1, 0.15) is 5.82 Å². The van der Waals surface area contributed by atoms with Gasteiger partial charge in [0.2, 0.25) is 0 Å². The van der Waals surface area contributed by atoms with Gasteiger partial charge in [0.25, 0.3) is 5.91 Å². The molecule has 2 rings (SSSR count). The molecule has 0 radical (unpaired) electrons. The summed E-state index contributed by atoms with van der Waals surface area (Å²) in [7, 11) is 0. The summed E-state index contributed by atoms with van der Waals surface area (Å²) in [4.78, 5) is 25.0. The summed E-state index contributed by atoms with van der Waals surface area (Å²) in [5, 5.41) is 9.08. The zero-order valence-corrected chi connectivity index (χ0v) is 11.6. The Labute approximate surface area is 117 Å². The molecule has 20 heavy (non-hydrogen) atoms. The van der Waals surface area contributed by atoms with E-state index in [-0.39, 0.29) is 18.2 Å². The van der Waals surface area contributed by atoms with Crippen molar-refractivity contribution in [3.63, 3.8) is 0 Å². The number of aryl methyl sites for hydroxylation is 1. The molecule has 5 heteroatoms. The van der Waals surface area contributed by atoms with Gasteiger partial charge in [0.15, 0.2) is 0 Å². The van der Waals surface area contributed by atoms with E-state index in [9.17, 15) is 14.0 Å². The van der Waals surface area contributed by atoms with Crippen LogP contribution in [0, 0.1) is 18.7 Å². The lowest BCUT2D eigenvalue weighted by Gasteiger charge is -2.36. The second-order valence-electron chi connectivity index (χ2n) is 5.40. The van der Waals surface area contributed by atoms with Crippen molar-refractivity contribution in [3.05, 3.63) is 35.1 Å². The van der Waals surface area contributed by atoms with Gasteiger partial charge in [0, 0.05) is 12.6 Å². The average Bonchev–Trinajstić information content (AvgIpc) is 2.41. The molecule has 0 aromatic heterocycles. The molecular formula is C15H18FNO3. The number of benzene rings is 1. The number of carboxylic acids is 1. The van der Waals surface area contributed by atoms with Crippen LogP contribution in [0.1, 0.15) is 35.7 Å². The Hall–Kier alpha value is -1.91. The van der Waals surface area contributed by atoms with Crippen LogP contribution in [0.2, 0.25) is 0 Å². The summed E-state index contributed by atoms with van der Waals surface area (Å²) in [6.07, 6.45) is 1.17. The number of piperidine rings is 1. The summed E-state index contributed by atoms with van der Waals surface area (Å²) in [6, 6.07) is 4.31. The Balaban J connectivity index is 2.26. The fourth-order valence-corrected chi connectivity index (χ4v) is 2.55. The summed E-state index contributed by atoms with van der Waals surface area (Å²) < 4.78 is 13.8. The largest absolute Gasteiger partial charge is 0.481 e. The minimum absolute atomic E-state index is 0.0166. The highest BCUT2D eigenvalue weighted by Gasteiger charge is 2.33. The van der Waals surface area contributed by atoms with Crippen molar-refractivity contribution >= 4 is 11.9 Å². The molecule has 1 N–H and O–H groups in total. The standard InChI is InChI=1S/C15H18FNO3/c1-9-3-6-13(16)12(7-9)14(18)17-8-11(15(19)20)5-4-10(17)2/h3,6-7,10-11H,4-5,8H2,1-2H3,(H,19,20). The number of hydrogen-bond donors (Lipinski definition) is 1. The monoisotopic (exact) mass is 279 g/mol. The van der Waals surface area contributed by atoms with Crippen LogP contribution in [0.3, 0.4) is 0 Å². The first-order valence-corrected chi connectivity index (χ1v) is 6.70. The van der Waals surface area contributed by atoms with E-state index in [1.807, 2.05) is 6.92 Å². The molecule has 0 saturated carbocycles. The maximum atomic E-state index is 13.8. The lowest BCUT2D eigenvalue weighted by Crippen LogP contribution is -2.47. The number of amides is 1. The second-order valence-corrected chi connectivity index (χ2v) is 5.40. The molecule has 0 spiro atoms. The Morgan fingerprint density at radius 2 is 2.05 bits per heavy atom. The van der Waals surface area contributed by atoms with E-state index >= 15 is 0 Å². The molecule has 108 valence electrons. The molecular weight excluding hydrogens is 261 g/mol. The third kappa shape index (κ3) is 2.81.